The fourth-order valence-electron chi connectivity index (χ4n) is 0.798. The average Bonchev–Trinajstić information content (AvgIpc) is 2.52. The van der Waals surface area contributed by atoms with E-state index in [-0.39, 0.29) is 12.4 Å². The SMILES string of the molecule is COC(=O)CC#Cc1ccsc1C. The molecule has 1 aromatic rings. The molecule has 0 saturated heterocycles. The summed E-state index contributed by atoms with van der Waals surface area (Å²) in [6, 6.07) is 1.95. The van der Waals surface area contributed by atoms with Crippen molar-refractivity contribution in [1.29, 1.82) is 0 Å². The molecular formula is C10H10O2S. The van der Waals surface area contributed by atoms with Gasteiger partial charge < -0.3 is 4.74 Å². The third-order valence-electron chi connectivity index (χ3n) is 1.54. The summed E-state index contributed by atoms with van der Waals surface area (Å²) in [6.45, 7) is 2.01. The van der Waals surface area contributed by atoms with Crippen LogP contribution in [0.3, 0.4) is 0 Å². The molecule has 0 aliphatic carbocycles. The second-order valence-corrected chi connectivity index (χ2v) is 3.57. The van der Waals surface area contributed by atoms with Crippen LogP contribution in [0.5, 0.6) is 0 Å². The summed E-state index contributed by atoms with van der Waals surface area (Å²) in [5.74, 6) is 5.39. The normalized spacial score (nSPS) is 8.77. The maximum Gasteiger partial charge on any atom is 0.317 e. The van der Waals surface area contributed by atoms with E-state index >= 15 is 0 Å². The zero-order chi connectivity index (χ0) is 9.68. The Morgan fingerprint density at radius 2 is 2.46 bits per heavy atom. The van der Waals surface area contributed by atoms with Crippen molar-refractivity contribution in [3.05, 3.63) is 21.9 Å². The van der Waals surface area contributed by atoms with E-state index in [2.05, 4.69) is 16.6 Å². The Morgan fingerprint density at radius 1 is 1.69 bits per heavy atom. The molecule has 68 valence electrons. The minimum absolute atomic E-state index is 0.159. The Hall–Kier alpha value is -1.27. The van der Waals surface area contributed by atoms with Crippen LogP contribution in [0.25, 0.3) is 0 Å². The van der Waals surface area contributed by atoms with Gasteiger partial charge in [-0.2, -0.15) is 0 Å². The van der Waals surface area contributed by atoms with Crippen LogP contribution in [0.2, 0.25) is 0 Å². The van der Waals surface area contributed by atoms with E-state index in [1.54, 1.807) is 11.3 Å². The number of thiophene rings is 1. The predicted octanol–water partition coefficient (Wildman–Crippen LogP) is 1.97. The van der Waals surface area contributed by atoms with Crippen LogP contribution in [0.15, 0.2) is 11.4 Å². The predicted molar refractivity (Wildman–Crippen MR) is 52.6 cm³/mol. The number of rotatable bonds is 1. The summed E-state index contributed by atoms with van der Waals surface area (Å²) in [5.41, 5.74) is 0.994. The van der Waals surface area contributed by atoms with Crippen LogP contribution < -0.4 is 0 Å². The average molecular weight is 194 g/mol. The molecule has 0 aliphatic heterocycles. The highest BCUT2D eigenvalue weighted by molar-refractivity contribution is 7.10. The van der Waals surface area contributed by atoms with Crippen molar-refractivity contribution in [3.8, 4) is 11.8 Å². The van der Waals surface area contributed by atoms with E-state index in [9.17, 15) is 4.79 Å². The van der Waals surface area contributed by atoms with Crippen molar-refractivity contribution in [2.24, 2.45) is 0 Å². The van der Waals surface area contributed by atoms with E-state index in [1.165, 1.54) is 12.0 Å². The first-order valence-corrected chi connectivity index (χ1v) is 4.72. The minimum atomic E-state index is -0.291. The number of hydrogen-bond donors (Lipinski definition) is 0. The molecule has 0 aromatic carbocycles. The first kappa shape index (κ1) is 9.82. The summed E-state index contributed by atoms with van der Waals surface area (Å²) in [4.78, 5) is 11.9. The number of hydrogen-bond acceptors (Lipinski definition) is 3. The van der Waals surface area contributed by atoms with Gasteiger partial charge in [-0.05, 0) is 18.4 Å². The molecule has 0 spiro atoms. The minimum Gasteiger partial charge on any atom is -0.468 e. The highest BCUT2D eigenvalue weighted by Gasteiger charge is 1.95. The van der Waals surface area contributed by atoms with E-state index < -0.39 is 0 Å². The van der Waals surface area contributed by atoms with Crippen molar-refractivity contribution >= 4 is 17.3 Å². The Labute approximate surface area is 81.5 Å². The number of carbonyl (C=O) groups excluding carboxylic acids is 1. The number of aryl methyl sites for hydroxylation is 1. The Morgan fingerprint density at radius 3 is 3.00 bits per heavy atom. The lowest BCUT2D eigenvalue weighted by molar-refractivity contribution is -0.139. The summed E-state index contributed by atoms with van der Waals surface area (Å²) < 4.78 is 4.46. The van der Waals surface area contributed by atoms with E-state index in [4.69, 9.17) is 0 Å². The Bertz CT molecular complexity index is 354. The number of methoxy groups -OCH3 is 1. The van der Waals surface area contributed by atoms with E-state index in [1.807, 2.05) is 18.4 Å². The molecule has 0 unspecified atom stereocenters. The van der Waals surface area contributed by atoms with Gasteiger partial charge in [-0.25, -0.2) is 0 Å². The molecule has 0 radical (unpaired) electrons. The highest BCUT2D eigenvalue weighted by atomic mass is 32.1. The lowest BCUT2D eigenvalue weighted by Crippen LogP contribution is -1.96. The topological polar surface area (TPSA) is 26.3 Å². The molecule has 0 saturated carbocycles. The lowest BCUT2D eigenvalue weighted by Gasteiger charge is -1.89. The van der Waals surface area contributed by atoms with Gasteiger partial charge in [0.25, 0.3) is 0 Å². The molecule has 1 heterocycles. The monoisotopic (exact) mass is 194 g/mol. The van der Waals surface area contributed by atoms with Crippen molar-refractivity contribution < 1.29 is 9.53 Å². The molecule has 0 amide bonds. The van der Waals surface area contributed by atoms with Crippen LogP contribution >= 0.6 is 11.3 Å². The van der Waals surface area contributed by atoms with Crippen LogP contribution in [0.1, 0.15) is 16.9 Å². The molecule has 0 fully saturated rings. The number of esters is 1. The molecule has 1 rings (SSSR count). The second-order valence-electron chi connectivity index (χ2n) is 2.45. The Kier molecular flexibility index (Phi) is 3.53. The summed E-state index contributed by atoms with van der Waals surface area (Å²) in [6.07, 6.45) is 0.159. The summed E-state index contributed by atoms with van der Waals surface area (Å²) in [7, 11) is 1.36. The first-order valence-electron chi connectivity index (χ1n) is 3.84. The quantitative estimate of drug-likeness (QED) is 0.504. The standard InChI is InChI=1S/C10H10O2S/c1-8-9(6-7-13-8)4-3-5-10(11)12-2/h6-7H,5H2,1-2H3. The smallest absolute Gasteiger partial charge is 0.317 e. The molecular weight excluding hydrogens is 184 g/mol. The zero-order valence-electron chi connectivity index (χ0n) is 7.59. The third-order valence-corrected chi connectivity index (χ3v) is 2.39. The largest absolute Gasteiger partial charge is 0.468 e. The van der Waals surface area contributed by atoms with Gasteiger partial charge in [-0.3, -0.25) is 4.79 Å². The Balaban J connectivity index is 2.58. The summed E-state index contributed by atoms with van der Waals surface area (Å²) >= 11 is 1.65. The molecule has 1 aromatic heterocycles. The molecule has 0 atom stereocenters. The molecule has 0 aliphatic rings. The maximum atomic E-state index is 10.7. The molecule has 3 heteroatoms. The van der Waals surface area contributed by atoms with Gasteiger partial charge in [0.05, 0.1) is 7.11 Å². The van der Waals surface area contributed by atoms with E-state index in [0.29, 0.717) is 0 Å². The van der Waals surface area contributed by atoms with Crippen LogP contribution in [0, 0.1) is 18.8 Å². The fourth-order valence-corrected chi connectivity index (χ4v) is 1.45. The molecule has 13 heavy (non-hydrogen) atoms. The highest BCUT2D eigenvalue weighted by Crippen LogP contribution is 2.13. The number of carbonyl (C=O) groups is 1. The van der Waals surface area contributed by atoms with Gasteiger partial charge in [0.15, 0.2) is 0 Å². The van der Waals surface area contributed by atoms with Crippen molar-refractivity contribution in [2.45, 2.75) is 13.3 Å². The lowest BCUT2D eigenvalue weighted by atomic mass is 10.2. The van der Waals surface area contributed by atoms with Gasteiger partial charge in [-0.1, -0.05) is 11.8 Å². The second kappa shape index (κ2) is 4.68. The van der Waals surface area contributed by atoms with Crippen LogP contribution in [0.4, 0.5) is 0 Å². The van der Waals surface area contributed by atoms with Gasteiger partial charge in [0, 0.05) is 10.4 Å². The molecule has 2 nitrogen and oxygen atoms in total. The molecule has 0 N–H and O–H groups in total. The van der Waals surface area contributed by atoms with Gasteiger partial charge >= 0.3 is 5.97 Å². The fraction of sp³-hybridized carbons (Fsp3) is 0.300. The molecule has 0 bridgehead atoms. The summed E-state index contributed by atoms with van der Waals surface area (Å²) in [5, 5.41) is 1.98. The number of ether oxygens (including phenoxy) is 1. The van der Waals surface area contributed by atoms with Crippen LogP contribution in [-0.2, 0) is 9.53 Å². The van der Waals surface area contributed by atoms with Crippen molar-refractivity contribution in [2.75, 3.05) is 7.11 Å². The third kappa shape index (κ3) is 2.92. The maximum absolute atomic E-state index is 10.7. The van der Waals surface area contributed by atoms with E-state index in [0.717, 1.165) is 5.56 Å². The van der Waals surface area contributed by atoms with Gasteiger partial charge in [0.1, 0.15) is 6.42 Å². The first-order chi connectivity index (χ1) is 6.24. The van der Waals surface area contributed by atoms with Crippen LogP contribution in [-0.4, -0.2) is 13.1 Å². The van der Waals surface area contributed by atoms with Gasteiger partial charge in [0.2, 0.25) is 0 Å². The zero-order valence-corrected chi connectivity index (χ0v) is 8.40. The van der Waals surface area contributed by atoms with Crippen molar-refractivity contribution in [1.82, 2.24) is 0 Å². The van der Waals surface area contributed by atoms with Crippen molar-refractivity contribution in [3.63, 3.8) is 0 Å². The van der Waals surface area contributed by atoms with Gasteiger partial charge in [-0.15, -0.1) is 11.3 Å².